The number of hydrogen-bond donors (Lipinski definition) is 0. The summed E-state index contributed by atoms with van der Waals surface area (Å²) in [5.74, 6) is -0.403. The maximum atomic E-state index is 12.3. The van der Waals surface area contributed by atoms with E-state index in [-0.39, 0.29) is 11.3 Å². The Labute approximate surface area is 130 Å². The van der Waals surface area contributed by atoms with E-state index in [2.05, 4.69) is 15.9 Å². The predicted octanol–water partition coefficient (Wildman–Crippen LogP) is 3.73. The fourth-order valence-electron chi connectivity index (χ4n) is 1.75. The van der Waals surface area contributed by atoms with Gasteiger partial charge in [-0.3, -0.25) is 4.79 Å². The van der Waals surface area contributed by atoms with Crippen molar-refractivity contribution >= 4 is 27.9 Å². The Kier molecular flexibility index (Phi) is 5.11. The second-order valence-corrected chi connectivity index (χ2v) is 4.78. The number of rotatable bonds is 4. The van der Waals surface area contributed by atoms with Crippen molar-refractivity contribution in [2.45, 2.75) is 12.3 Å². The lowest BCUT2D eigenvalue weighted by Gasteiger charge is -2.10. The molecule has 5 heteroatoms. The van der Waals surface area contributed by atoms with Crippen LogP contribution in [0.2, 0.25) is 0 Å². The lowest BCUT2D eigenvalue weighted by atomic mass is 10.2. The summed E-state index contributed by atoms with van der Waals surface area (Å²) in [5, 5.41) is 0.571. The molecule has 0 unspecified atom stereocenters. The van der Waals surface area contributed by atoms with Crippen molar-refractivity contribution in [3.8, 4) is 11.5 Å². The molecule has 0 saturated carbocycles. The number of hydrogen-bond acceptors (Lipinski definition) is 4. The molecule has 2 rings (SSSR count). The van der Waals surface area contributed by atoms with Crippen LogP contribution in [0, 0.1) is 0 Å². The molecular weight excluding hydrogens is 336 g/mol. The maximum Gasteiger partial charge on any atom is 0.347 e. The van der Waals surface area contributed by atoms with Gasteiger partial charge in [0.05, 0.1) is 0 Å². The molecular formula is C16H13BrO4. The van der Waals surface area contributed by atoms with E-state index in [0.717, 1.165) is 5.56 Å². The van der Waals surface area contributed by atoms with Gasteiger partial charge in [0.2, 0.25) is 0 Å². The Hall–Kier alpha value is -2.14. The highest BCUT2D eigenvalue weighted by Crippen LogP contribution is 2.24. The number of halogens is 1. The lowest BCUT2D eigenvalue weighted by molar-refractivity contribution is -0.131. The van der Waals surface area contributed by atoms with Crippen LogP contribution in [0.1, 0.15) is 22.8 Å². The van der Waals surface area contributed by atoms with E-state index < -0.39 is 11.9 Å². The largest absolute Gasteiger partial charge is 0.426 e. The van der Waals surface area contributed by atoms with E-state index in [9.17, 15) is 9.59 Å². The number of ether oxygens (including phenoxy) is 2. The van der Waals surface area contributed by atoms with Crippen molar-refractivity contribution in [2.24, 2.45) is 0 Å². The molecule has 0 aliphatic carbocycles. The number of esters is 2. The number of carbonyl (C=O) groups excluding carboxylic acids is 2. The number of para-hydroxylation sites is 2. The fourth-order valence-corrected chi connectivity index (χ4v) is 2.21. The van der Waals surface area contributed by atoms with Crippen molar-refractivity contribution in [3.05, 3.63) is 59.7 Å². The summed E-state index contributed by atoms with van der Waals surface area (Å²) in [5.41, 5.74) is 1.06. The molecule has 0 atom stereocenters. The molecule has 21 heavy (non-hydrogen) atoms. The quantitative estimate of drug-likeness (QED) is 0.480. The summed E-state index contributed by atoms with van der Waals surface area (Å²) in [6, 6.07) is 13.7. The maximum absolute atomic E-state index is 12.3. The molecule has 0 radical (unpaired) electrons. The smallest absolute Gasteiger partial charge is 0.347 e. The first-order valence-corrected chi connectivity index (χ1v) is 7.37. The molecule has 108 valence electrons. The topological polar surface area (TPSA) is 52.6 Å². The van der Waals surface area contributed by atoms with E-state index >= 15 is 0 Å². The molecule has 0 saturated heterocycles. The Morgan fingerprint density at radius 1 is 0.952 bits per heavy atom. The Morgan fingerprint density at radius 3 is 2.24 bits per heavy atom. The van der Waals surface area contributed by atoms with E-state index in [1.165, 1.54) is 6.92 Å². The van der Waals surface area contributed by atoms with Crippen LogP contribution < -0.4 is 9.47 Å². The van der Waals surface area contributed by atoms with Gasteiger partial charge < -0.3 is 9.47 Å². The van der Waals surface area contributed by atoms with Crippen LogP contribution in [0.25, 0.3) is 0 Å². The second kappa shape index (κ2) is 7.04. The summed E-state index contributed by atoms with van der Waals surface area (Å²) in [4.78, 5) is 23.3. The average Bonchev–Trinajstić information content (AvgIpc) is 2.47. The van der Waals surface area contributed by atoms with Gasteiger partial charge in [-0.05, 0) is 18.2 Å². The second-order valence-electron chi connectivity index (χ2n) is 4.22. The molecule has 0 amide bonds. The number of benzene rings is 2. The van der Waals surface area contributed by atoms with Crippen LogP contribution in [0.5, 0.6) is 11.5 Å². The summed E-state index contributed by atoms with van der Waals surface area (Å²) in [6.45, 7) is 1.28. The van der Waals surface area contributed by atoms with Crippen molar-refractivity contribution < 1.29 is 19.1 Å². The molecule has 0 aromatic heterocycles. The molecule has 2 aromatic rings. The molecule has 0 aliphatic heterocycles. The predicted molar refractivity (Wildman–Crippen MR) is 81.8 cm³/mol. The first kappa shape index (κ1) is 15.3. The summed E-state index contributed by atoms with van der Waals surface area (Å²) in [6.07, 6.45) is 0. The average molecular weight is 349 g/mol. The van der Waals surface area contributed by atoms with Crippen molar-refractivity contribution in [1.29, 1.82) is 0 Å². The zero-order valence-corrected chi connectivity index (χ0v) is 12.9. The Bertz CT molecular complexity index is 667. The van der Waals surface area contributed by atoms with Crippen molar-refractivity contribution in [1.82, 2.24) is 0 Å². The Morgan fingerprint density at radius 2 is 1.57 bits per heavy atom. The van der Waals surface area contributed by atoms with Gasteiger partial charge in [0.25, 0.3) is 0 Å². The summed E-state index contributed by atoms with van der Waals surface area (Å²) >= 11 is 3.34. The van der Waals surface area contributed by atoms with Gasteiger partial charge in [-0.25, -0.2) is 4.79 Å². The molecule has 0 N–H and O–H groups in total. The van der Waals surface area contributed by atoms with Crippen LogP contribution in [-0.2, 0) is 10.1 Å². The van der Waals surface area contributed by atoms with E-state index in [1.54, 1.807) is 36.4 Å². The van der Waals surface area contributed by atoms with Gasteiger partial charge in [-0.15, -0.1) is 0 Å². The zero-order valence-electron chi connectivity index (χ0n) is 11.3. The van der Waals surface area contributed by atoms with Crippen molar-refractivity contribution in [2.75, 3.05) is 0 Å². The van der Waals surface area contributed by atoms with Crippen LogP contribution in [0.4, 0.5) is 0 Å². The SMILES string of the molecule is CC(=O)Oc1ccccc1C(=O)Oc1ccccc1CBr. The number of carbonyl (C=O) groups is 2. The van der Waals surface area contributed by atoms with Gasteiger partial charge in [-0.2, -0.15) is 0 Å². The fraction of sp³-hybridized carbons (Fsp3) is 0.125. The minimum Gasteiger partial charge on any atom is -0.426 e. The minimum atomic E-state index is -0.569. The van der Waals surface area contributed by atoms with Gasteiger partial charge >= 0.3 is 11.9 Å². The zero-order chi connectivity index (χ0) is 15.2. The summed E-state index contributed by atoms with van der Waals surface area (Å²) in [7, 11) is 0. The first-order valence-electron chi connectivity index (χ1n) is 6.25. The highest BCUT2D eigenvalue weighted by molar-refractivity contribution is 9.08. The van der Waals surface area contributed by atoms with Gasteiger partial charge in [-0.1, -0.05) is 46.3 Å². The van der Waals surface area contributed by atoms with Crippen LogP contribution in [0.15, 0.2) is 48.5 Å². The van der Waals surface area contributed by atoms with Gasteiger partial charge in [0.1, 0.15) is 17.1 Å². The third-order valence-electron chi connectivity index (χ3n) is 2.68. The third kappa shape index (κ3) is 3.92. The minimum absolute atomic E-state index is 0.186. The highest BCUT2D eigenvalue weighted by atomic mass is 79.9. The van der Waals surface area contributed by atoms with E-state index in [1.807, 2.05) is 12.1 Å². The normalized spacial score (nSPS) is 10.0. The molecule has 0 aliphatic rings. The third-order valence-corrected chi connectivity index (χ3v) is 3.28. The first-order chi connectivity index (χ1) is 10.1. The summed E-state index contributed by atoms with van der Waals surface area (Å²) < 4.78 is 10.4. The van der Waals surface area contributed by atoms with Gasteiger partial charge in [0, 0.05) is 17.8 Å². The Balaban J connectivity index is 2.26. The van der Waals surface area contributed by atoms with E-state index in [0.29, 0.717) is 11.1 Å². The lowest BCUT2D eigenvalue weighted by Crippen LogP contribution is -2.13. The van der Waals surface area contributed by atoms with Crippen LogP contribution in [-0.4, -0.2) is 11.9 Å². The molecule has 0 spiro atoms. The molecule has 0 fully saturated rings. The molecule has 0 bridgehead atoms. The standard InChI is InChI=1S/C16H13BrO4/c1-11(18)20-15-9-5-3-7-13(15)16(19)21-14-8-4-2-6-12(14)10-17/h2-9H,10H2,1H3. The molecule has 2 aromatic carbocycles. The van der Waals surface area contributed by atoms with E-state index in [4.69, 9.17) is 9.47 Å². The van der Waals surface area contributed by atoms with Crippen molar-refractivity contribution in [3.63, 3.8) is 0 Å². The number of alkyl halides is 1. The molecule has 0 heterocycles. The van der Waals surface area contributed by atoms with Crippen LogP contribution in [0.3, 0.4) is 0 Å². The monoisotopic (exact) mass is 348 g/mol. The highest BCUT2D eigenvalue weighted by Gasteiger charge is 2.16. The van der Waals surface area contributed by atoms with Crippen LogP contribution >= 0.6 is 15.9 Å². The van der Waals surface area contributed by atoms with Gasteiger partial charge in [0.15, 0.2) is 0 Å². The molecule has 4 nitrogen and oxygen atoms in total.